The molecule has 16 heavy (non-hydrogen) atoms. The topological polar surface area (TPSA) is 92.4 Å². The maximum absolute atomic E-state index is 12.0. The van der Waals surface area contributed by atoms with Crippen LogP contribution in [0.2, 0.25) is 0 Å². The molecule has 0 saturated heterocycles. The van der Waals surface area contributed by atoms with Crippen LogP contribution in [0.15, 0.2) is 0 Å². The van der Waals surface area contributed by atoms with E-state index in [4.69, 9.17) is 5.73 Å². The number of aliphatic carboxylic acids is 1. The van der Waals surface area contributed by atoms with Gasteiger partial charge in [-0.15, -0.1) is 0 Å². The highest BCUT2D eigenvalue weighted by molar-refractivity contribution is 5.91. The largest absolute Gasteiger partial charge is 0.480 e. The van der Waals surface area contributed by atoms with Crippen molar-refractivity contribution in [2.75, 3.05) is 6.54 Å². The van der Waals surface area contributed by atoms with Crippen molar-refractivity contribution in [3.05, 3.63) is 0 Å². The summed E-state index contributed by atoms with van der Waals surface area (Å²) in [6, 6.07) is 0. The Bertz CT molecular complexity index is 334. The summed E-state index contributed by atoms with van der Waals surface area (Å²) in [5.41, 5.74) is 3.96. The minimum Gasteiger partial charge on any atom is -0.480 e. The van der Waals surface area contributed by atoms with Gasteiger partial charge in [0.15, 0.2) is 0 Å². The van der Waals surface area contributed by atoms with E-state index in [-0.39, 0.29) is 11.8 Å². The van der Waals surface area contributed by atoms with Crippen molar-refractivity contribution in [3.63, 3.8) is 0 Å². The molecule has 0 radical (unpaired) electrons. The van der Waals surface area contributed by atoms with Gasteiger partial charge < -0.3 is 16.2 Å². The summed E-state index contributed by atoms with van der Waals surface area (Å²) in [6.45, 7) is 1.90. The molecule has 1 atom stereocenters. The van der Waals surface area contributed by atoms with Gasteiger partial charge in [-0.05, 0) is 38.5 Å². The van der Waals surface area contributed by atoms with Crippen LogP contribution in [0.3, 0.4) is 0 Å². The van der Waals surface area contributed by atoms with Crippen molar-refractivity contribution in [1.82, 2.24) is 5.32 Å². The molecule has 2 aliphatic carbocycles. The lowest BCUT2D eigenvalue weighted by atomic mass is 9.94. The second kappa shape index (κ2) is 3.45. The van der Waals surface area contributed by atoms with Crippen LogP contribution in [0.5, 0.6) is 0 Å². The maximum Gasteiger partial charge on any atom is 0.329 e. The van der Waals surface area contributed by atoms with Crippen LogP contribution in [0.1, 0.15) is 32.6 Å². The van der Waals surface area contributed by atoms with Crippen LogP contribution in [-0.4, -0.2) is 29.1 Å². The van der Waals surface area contributed by atoms with Gasteiger partial charge in [0.2, 0.25) is 5.91 Å². The fourth-order valence-corrected chi connectivity index (χ4v) is 2.03. The first-order chi connectivity index (χ1) is 7.44. The first-order valence-electron chi connectivity index (χ1n) is 5.71. The monoisotopic (exact) mass is 226 g/mol. The predicted octanol–water partition coefficient (Wildman–Crippen LogP) is 0.0948. The average molecular weight is 226 g/mol. The molecule has 0 aromatic rings. The smallest absolute Gasteiger partial charge is 0.329 e. The molecule has 5 heteroatoms. The lowest BCUT2D eigenvalue weighted by Crippen LogP contribution is -2.56. The number of hydrogen-bond acceptors (Lipinski definition) is 3. The molecule has 2 rings (SSSR count). The van der Waals surface area contributed by atoms with E-state index in [2.05, 4.69) is 5.32 Å². The Morgan fingerprint density at radius 3 is 2.38 bits per heavy atom. The highest BCUT2D eigenvalue weighted by atomic mass is 16.4. The summed E-state index contributed by atoms with van der Waals surface area (Å²) in [7, 11) is 0. The Morgan fingerprint density at radius 2 is 2.06 bits per heavy atom. The Hall–Kier alpha value is -1.10. The van der Waals surface area contributed by atoms with Gasteiger partial charge in [0.05, 0.1) is 5.41 Å². The zero-order chi connectivity index (χ0) is 12.0. The molecule has 90 valence electrons. The normalized spacial score (nSPS) is 25.6. The van der Waals surface area contributed by atoms with Crippen LogP contribution < -0.4 is 11.1 Å². The molecule has 2 aliphatic rings. The molecule has 0 aromatic heterocycles. The summed E-state index contributed by atoms with van der Waals surface area (Å²) in [6.07, 6.45) is 3.29. The molecule has 0 aliphatic heterocycles. The van der Waals surface area contributed by atoms with E-state index < -0.39 is 16.9 Å². The summed E-state index contributed by atoms with van der Waals surface area (Å²) >= 11 is 0. The molecule has 0 bridgehead atoms. The fourth-order valence-electron chi connectivity index (χ4n) is 2.03. The molecule has 0 spiro atoms. The Kier molecular flexibility index (Phi) is 2.45. The van der Waals surface area contributed by atoms with E-state index in [9.17, 15) is 14.7 Å². The Morgan fingerprint density at radius 1 is 1.50 bits per heavy atom. The maximum atomic E-state index is 12.0. The first-order valence-corrected chi connectivity index (χ1v) is 5.71. The van der Waals surface area contributed by atoms with Crippen molar-refractivity contribution in [2.24, 2.45) is 17.1 Å². The van der Waals surface area contributed by atoms with E-state index in [0.717, 1.165) is 25.7 Å². The van der Waals surface area contributed by atoms with Crippen molar-refractivity contribution >= 4 is 11.9 Å². The molecular weight excluding hydrogens is 208 g/mol. The lowest BCUT2D eigenvalue weighted by molar-refractivity contribution is -0.148. The number of carboxylic acid groups (broad SMARTS) is 1. The second-order valence-electron chi connectivity index (χ2n) is 5.22. The minimum absolute atomic E-state index is 0.0718. The quantitative estimate of drug-likeness (QED) is 0.619. The van der Waals surface area contributed by atoms with Crippen LogP contribution in [0.25, 0.3) is 0 Å². The number of nitrogens with two attached hydrogens (primary N) is 1. The number of carbonyl (C=O) groups is 2. The van der Waals surface area contributed by atoms with Crippen LogP contribution in [0.4, 0.5) is 0 Å². The third kappa shape index (κ3) is 1.69. The summed E-state index contributed by atoms with van der Waals surface area (Å²) in [4.78, 5) is 23.2. The van der Waals surface area contributed by atoms with Gasteiger partial charge >= 0.3 is 5.97 Å². The Labute approximate surface area is 94.4 Å². The minimum atomic E-state index is -1.11. The van der Waals surface area contributed by atoms with Gasteiger partial charge in [0, 0.05) is 6.54 Å². The molecule has 2 saturated carbocycles. The molecule has 1 unspecified atom stereocenters. The van der Waals surface area contributed by atoms with Crippen molar-refractivity contribution in [3.8, 4) is 0 Å². The van der Waals surface area contributed by atoms with Crippen molar-refractivity contribution < 1.29 is 14.7 Å². The number of rotatable bonds is 5. The molecule has 5 nitrogen and oxygen atoms in total. The lowest BCUT2D eigenvalue weighted by Gasteiger charge is -2.28. The van der Waals surface area contributed by atoms with E-state index in [1.54, 1.807) is 6.92 Å². The molecule has 0 aromatic carbocycles. The van der Waals surface area contributed by atoms with Gasteiger partial charge in [0.1, 0.15) is 5.54 Å². The first kappa shape index (κ1) is 11.4. The SMILES string of the molecule is CC(NC(=O)C1(CN)CC1)(C(=O)O)C1CC1. The van der Waals surface area contributed by atoms with Gasteiger partial charge in [-0.2, -0.15) is 0 Å². The Balaban J connectivity index is 2.06. The van der Waals surface area contributed by atoms with E-state index in [1.165, 1.54) is 0 Å². The predicted molar refractivity (Wildman–Crippen MR) is 57.6 cm³/mol. The number of nitrogens with one attached hydrogen (secondary N) is 1. The van der Waals surface area contributed by atoms with Crippen molar-refractivity contribution in [2.45, 2.75) is 38.1 Å². The van der Waals surface area contributed by atoms with E-state index in [1.807, 2.05) is 0 Å². The number of carbonyl (C=O) groups excluding carboxylic acids is 1. The van der Waals surface area contributed by atoms with Gasteiger partial charge in [-0.1, -0.05) is 0 Å². The third-order valence-electron chi connectivity index (χ3n) is 3.94. The molecule has 0 heterocycles. The molecule has 4 N–H and O–H groups in total. The summed E-state index contributed by atoms with van der Waals surface area (Å²) in [5, 5.41) is 11.9. The molecule has 2 fully saturated rings. The number of amides is 1. The zero-order valence-electron chi connectivity index (χ0n) is 9.45. The van der Waals surface area contributed by atoms with Crippen LogP contribution in [-0.2, 0) is 9.59 Å². The second-order valence-corrected chi connectivity index (χ2v) is 5.22. The van der Waals surface area contributed by atoms with Gasteiger partial charge in [-0.3, -0.25) is 4.79 Å². The number of carboxylic acids is 1. The molecular formula is C11H18N2O3. The van der Waals surface area contributed by atoms with Crippen molar-refractivity contribution in [1.29, 1.82) is 0 Å². The third-order valence-corrected chi connectivity index (χ3v) is 3.94. The summed E-state index contributed by atoms with van der Waals surface area (Å²) < 4.78 is 0. The highest BCUT2D eigenvalue weighted by Crippen LogP contribution is 2.46. The van der Waals surface area contributed by atoms with E-state index in [0.29, 0.717) is 6.54 Å². The van der Waals surface area contributed by atoms with Crippen LogP contribution >= 0.6 is 0 Å². The van der Waals surface area contributed by atoms with Crippen LogP contribution in [0, 0.1) is 11.3 Å². The molecule has 1 amide bonds. The number of hydrogen-bond donors (Lipinski definition) is 3. The highest BCUT2D eigenvalue weighted by Gasteiger charge is 2.54. The summed E-state index contributed by atoms with van der Waals surface area (Å²) in [5.74, 6) is -1.06. The van der Waals surface area contributed by atoms with E-state index >= 15 is 0 Å². The van der Waals surface area contributed by atoms with Gasteiger partial charge in [-0.25, -0.2) is 4.79 Å². The standard InChI is InChI=1S/C11H18N2O3/c1-10(9(15)16,7-2-3-7)13-8(14)11(6-12)4-5-11/h7H,2-6,12H2,1H3,(H,13,14)(H,15,16). The average Bonchev–Trinajstić information content (AvgIpc) is 3.09. The zero-order valence-corrected chi connectivity index (χ0v) is 9.45. The van der Waals surface area contributed by atoms with Gasteiger partial charge in [0.25, 0.3) is 0 Å². The fraction of sp³-hybridized carbons (Fsp3) is 0.818.